The molecular weight excluding hydrogens is 164 g/mol. The molecule has 0 saturated carbocycles. The number of aromatic amines is 1. The third kappa shape index (κ3) is 1.42. The minimum atomic E-state index is -0.423. The van der Waals surface area contributed by atoms with Crippen LogP contribution in [0.5, 0.6) is 0 Å². The molecule has 1 heterocycles. The van der Waals surface area contributed by atoms with Crippen LogP contribution < -0.4 is 0 Å². The molecule has 0 spiro atoms. The summed E-state index contributed by atoms with van der Waals surface area (Å²) in [5, 5.41) is 9.36. The molecule has 0 amide bonds. The van der Waals surface area contributed by atoms with Gasteiger partial charge < -0.3 is 10.1 Å². The molecule has 0 bridgehead atoms. The van der Waals surface area contributed by atoms with Crippen LogP contribution >= 0.6 is 0 Å². The number of aliphatic hydroxyl groups excluding tert-OH is 1. The van der Waals surface area contributed by atoms with Gasteiger partial charge in [0.1, 0.15) is 5.82 Å². The number of hydrogen-bond acceptors (Lipinski definition) is 2. The lowest BCUT2D eigenvalue weighted by molar-refractivity contribution is 0.199. The molecule has 2 rings (SSSR count). The Labute approximate surface area is 76.4 Å². The Morgan fingerprint density at radius 2 is 2.23 bits per heavy atom. The van der Waals surface area contributed by atoms with E-state index in [1.165, 1.54) is 0 Å². The van der Waals surface area contributed by atoms with Gasteiger partial charge in [-0.25, -0.2) is 4.98 Å². The van der Waals surface area contributed by atoms with Crippen molar-refractivity contribution in [3.63, 3.8) is 0 Å². The lowest BCUT2D eigenvalue weighted by Crippen LogP contribution is -1.89. The molecule has 68 valence electrons. The number of hydrogen-bond donors (Lipinski definition) is 2. The summed E-state index contributed by atoms with van der Waals surface area (Å²) in [6, 6.07) is 5.74. The van der Waals surface area contributed by atoms with Crippen molar-refractivity contribution in [1.82, 2.24) is 9.97 Å². The van der Waals surface area contributed by atoms with Crippen LogP contribution in [0.25, 0.3) is 11.0 Å². The van der Waals surface area contributed by atoms with Crippen LogP contribution in [0.1, 0.15) is 24.4 Å². The smallest absolute Gasteiger partial charge is 0.104 e. The predicted molar refractivity (Wildman–Crippen MR) is 51.5 cm³/mol. The first-order valence-electron chi connectivity index (χ1n) is 4.31. The van der Waals surface area contributed by atoms with E-state index in [0.29, 0.717) is 0 Å². The summed E-state index contributed by atoms with van der Waals surface area (Å²) in [6.07, 6.45) is -0.423. The highest BCUT2D eigenvalue weighted by molar-refractivity contribution is 5.75. The lowest BCUT2D eigenvalue weighted by Gasteiger charge is -2.02. The highest BCUT2D eigenvalue weighted by Gasteiger charge is 2.03. The Bertz CT molecular complexity index is 431. The highest BCUT2D eigenvalue weighted by atomic mass is 16.3. The molecule has 13 heavy (non-hydrogen) atoms. The number of benzene rings is 1. The number of nitrogens with zero attached hydrogens (tertiary/aromatic N) is 1. The zero-order valence-corrected chi connectivity index (χ0v) is 7.70. The van der Waals surface area contributed by atoms with Crippen LogP contribution in [0.3, 0.4) is 0 Å². The summed E-state index contributed by atoms with van der Waals surface area (Å²) < 4.78 is 0. The monoisotopic (exact) mass is 176 g/mol. The lowest BCUT2D eigenvalue weighted by atomic mass is 10.1. The average Bonchev–Trinajstić information content (AvgIpc) is 2.42. The van der Waals surface area contributed by atoms with Gasteiger partial charge in [0.05, 0.1) is 17.1 Å². The molecule has 2 aromatic rings. The summed E-state index contributed by atoms with van der Waals surface area (Å²) in [4.78, 5) is 7.41. The van der Waals surface area contributed by atoms with E-state index in [1.54, 1.807) is 6.92 Å². The molecule has 0 fully saturated rings. The van der Waals surface area contributed by atoms with E-state index in [4.69, 9.17) is 0 Å². The van der Waals surface area contributed by atoms with Crippen molar-refractivity contribution >= 4 is 11.0 Å². The standard InChI is InChI=1S/C10H12N2O/c1-6(13)8-3-4-9-10(5-8)12-7(2)11-9/h3-6,13H,1-2H3,(H,11,12). The van der Waals surface area contributed by atoms with E-state index >= 15 is 0 Å². The molecule has 2 N–H and O–H groups in total. The largest absolute Gasteiger partial charge is 0.389 e. The number of aryl methyl sites for hydroxylation is 1. The van der Waals surface area contributed by atoms with Gasteiger partial charge in [-0.05, 0) is 31.5 Å². The number of nitrogens with one attached hydrogen (secondary N) is 1. The predicted octanol–water partition coefficient (Wildman–Crippen LogP) is 1.92. The Kier molecular flexibility index (Phi) is 1.81. The summed E-state index contributed by atoms with van der Waals surface area (Å²) in [6.45, 7) is 3.67. The van der Waals surface area contributed by atoms with Gasteiger partial charge in [-0.15, -0.1) is 0 Å². The van der Waals surface area contributed by atoms with Crippen molar-refractivity contribution in [1.29, 1.82) is 0 Å². The maximum atomic E-state index is 9.36. The van der Waals surface area contributed by atoms with Crippen molar-refractivity contribution in [3.05, 3.63) is 29.6 Å². The average molecular weight is 176 g/mol. The van der Waals surface area contributed by atoms with E-state index < -0.39 is 6.10 Å². The van der Waals surface area contributed by atoms with Gasteiger partial charge in [-0.2, -0.15) is 0 Å². The van der Waals surface area contributed by atoms with Gasteiger partial charge >= 0.3 is 0 Å². The van der Waals surface area contributed by atoms with Crippen molar-refractivity contribution in [2.75, 3.05) is 0 Å². The summed E-state index contributed by atoms with van der Waals surface area (Å²) in [7, 11) is 0. The molecule has 0 aliphatic heterocycles. The van der Waals surface area contributed by atoms with Crippen LogP contribution in [0.15, 0.2) is 18.2 Å². The van der Waals surface area contributed by atoms with Gasteiger partial charge in [-0.3, -0.25) is 0 Å². The van der Waals surface area contributed by atoms with Gasteiger partial charge in [0, 0.05) is 0 Å². The van der Waals surface area contributed by atoms with Crippen molar-refractivity contribution < 1.29 is 5.11 Å². The Hall–Kier alpha value is -1.35. The zero-order chi connectivity index (χ0) is 9.42. The normalized spacial score (nSPS) is 13.5. The molecule has 1 aromatic carbocycles. The molecule has 1 atom stereocenters. The Morgan fingerprint density at radius 3 is 2.92 bits per heavy atom. The van der Waals surface area contributed by atoms with Crippen LogP contribution in [0.2, 0.25) is 0 Å². The topological polar surface area (TPSA) is 48.9 Å². The van der Waals surface area contributed by atoms with Gasteiger partial charge in [0.25, 0.3) is 0 Å². The van der Waals surface area contributed by atoms with Crippen molar-refractivity contribution in [2.45, 2.75) is 20.0 Å². The number of H-pyrrole nitrogens is 1. The van der Waals surface area contributed by atoms with Gasteiger partial charge in [0.2, 0.25) is 0 Å². The molecular formula is C10H12N2O. The van der Waals surface area contributed by atoms with Crippen LogP contribution in [0.4, 0.5) is 0 Å². The third-order valence-corrected chi connectivity index (χ3v) is 2.11. The molecule has 0 aliphatic carbocycles. The van der Waals surface area contributed by atoms with Crippen molar-refractivity contribution in [2.24, 2.45) is 0 Å². The van der Waals surface area contributed by atoms with E-state index in [9.17, 15) is 5.11 Å². The summed E-state index contributed by atoms with van der Waals surface area (Å²) >= 11 is 0. The molecule has 1 aromatic heterocycles. The van der Waals surface area contributed by atoms with E-state index in [0.717, 1.165) is 22.4 Å². The number of aromatic nitrogens is 2. The zero-order valence-electron chi connectivity index (χ0n) is 7.70. The first-order valence-corrected chi connectivity index (χ1v) is 4.31. The van der Waals surface area contributed by atoms with E-state index in [-0.39, 0.29) is 0 Å². The SMILES string of the molecule is Cc1nc2ccc(C(C)O)cc2[nH]1. The maximum Gasteiger partial charge on any atom is 0.104 e. The first-order chi connectivity index (χ1) is 6.16. The molecule has 0 aliphatic rings. The van der Waals surface area contributed by atoms with Gasteiger partial charge in [-0.1, -0.05) is 6.07 Å². The first kappa shape index (κ1) is 8.26. The Morgan fingerprint density at radius 1 is 1.46 bits per heavy atom. The van der Waals surface area contributed by atoms with Crippen LogP contribution in [-0.4, -0.2) is 15.1 Å². The fourth-order valence-electron chi connectivity index (χ4n) is 1.41. The third-order valence-electron chi connectivity index (χ3n) is 2.11. The molecule has 3 heteroatoms. The number of imidazole rings is 1. The molecule has 0 radical (unpaired) electrons. The second-order valence-electron chi connectivity index (χ2n) is 3.27. The Balaban J connectivity index is 2.61. The number of fused-ring (bicyclic) bond motifs is 1. The van der Waals surface area contributed by atoms with Crippen LogP contribution in [-0.2, 0) is 0 Å². The minimum Gasteiger partial charge on any atom is -0.389 e. The second kappa shape index (κ2) is 2.85. The molecule has 1 unspecified atom stereocenters. The number of aliphatic hydroxyl groups is 1. The van der Waals surface area contributed by atoms with Crippen LogP contribution in [0, 0.1) is 6.92 Å². The molecule has 3 nitrogen and oxygen atoms in total. The summed E-state index contributed by atoms with van der Waals surface area (Å²) in [5.74, 6) is 0.901. The molecule has 0 saturated heterocycles. The van der Waals surface area contributed by atoms with Gasteiger partial charge in [0.15, 0.2) is 0 Å². The number of rotatable bonds is 1. The minimum absolute atomic E-state index is 0.423. The van der Waals surface area contributed by atoms with E-state index in [2.05, 4.69) is 9.97 Å². The second-order valence-corrected chi connectivity index (χ2v) is 3.27. The summed E-state index contributed by atoms with van der Waals surface area (Å²) in [5.41, 5.74) is 2.84. The quantitative estimate of drug-likeness (QED) is 0.697. The van der Waals surface area contributed by atoms with Crippen molar-refractivity contribution in [3.8, 4) is 0 Å². The fraction of sp³-hybridized carbons (Fsp3) is 0.300. The highest BCUT2D eigenvalue weighted by Crippen LogP contribution is 2.18. The maximum absolute atomic E-state index is 9.36. The van der Waals surface area contributed by atoms with E-state index in [1.807, 2.05) is 25.1 Å². The fourth-order valence-corrected chi connectivity index (χ4v) is 1.41.